The van der Waals surface area contributed by atoms with E-state index >= 15 is 0 Å². The molecule has 166 valence electrons. The number of carbonyl (C=O) groups excluding carboxylic acids is 1. The highest BCUT2D eigenvalue weighted by Crippen LogP contribution is 2.31. The molecule has 9 heteroatoms. The topological polar surface area (TPSA) is 79.2 Å². The van der Waals surface area contributed by atoms with Gasteiger partial charge in [0.25, 0.3) is 5.91 Å². The first-order chi connectivity index (χ1) is 15.6. The van der Waals surface area contributed by atoms with E-state index in [1.165, 1.54) is 6.42 Å². The van der Waals surface area contributed by atoms with E-state index in [0.29, 0.717) is 23.3 Å². The van der Waals surface area contributed by atoms with E-state index in [1.54, 1.807) is 22.0 Å². The lowest BCUT2D eigenvalue weighted by Crippen LogP contribution is -2.45. The minimum atomic E-state index is -0.0146. The van der Waals surface area contributed by atoms with Crippen LogP contribution in [0.15, 0.2) is 60.2 Å². The Morgan fingerprint density at radius 2 is 2.06 bits per heavy atom. The van der Waals surface area contributed by atoms with Gasteiger partial charge in [0.2, 0.25) is 5.95 Å². The first-order valence-electron chi connectivity index (χ1n) is 11.0. The van der Waals surface area contributed by atoms with E-state index in [2.05, 4.69) is 26.4 Å². The molecule has 2 aromatic rings. The number of hydrogen-bond donors (Lipinski definition) is 1. The lowest BCUT2D eigenvalue weighted by atomic mass is 9.87. The maximum absolute atomic E-state index is 12.8. The van der Waals surface area contributed by atoms with Crippen molar-refractivity contribution in [1.29, 1.82) is 0 Å². The van der Waals surface area contributed by atoms with Gasteiger partial charge in [-0.1, -0.05) is 29.8 Å². The fourth-order valence-corrected chi connectivity index (χ4v) is 4.63. The van der Waals surface area contributed by atoms with Crippen molar-refractivity contribution in [2.24, 2.45) is 5.92 Å². The Labute approximate surface area is 192 Å². The molecule has 1 amide bonds. The number of hydrogen-bond acceptors (Lipinski definition) is 6. The molecule has 0 spiro atoms. The summed E-state index contributed by atoms with van der Waals surface area (Å²) in [6, 6.07) is 1.84. The Morgan fingerprint density at radius 1 is 1.22 bits per heavy atom. The van der Waals surface area contributed by atoms with Crippen LogP contribution < -0.4 is 10.2 Å². The minimum absolute atomic E-state index is 0.0146. The average Bonchev–Trinajstić information content (AvgIpc) is 3.32. The van der Waals surface area contributed by atoms with Gasteiger partial charge >= 0.3 is 0 Å². The predicted molar refractivity (Wildman–Crippen MR) is 124 cm³/mol. The van der Waals surface area contributed by atoms with Crippen LogP contribution in [-0.4, -0.2) is 56.7 Å². The Kier molecular flexibility index (Phi) is 5.70. The van der Waals surface area contributed by atoms with Crippen LogP contribution in [0, 0.1) is 5.92 Å². The van der Waals surface area contributed by atoms with E-state index in [9.17, 15) is 4.79 Å². The molecule has 2 atom stereocenters. The van der Waals surface area contributed by atoms with Gasteiger partial charge in [0.15, 0.2) is 5.82 Å². The molecule has 1 saturated heterocycles. The van der Waals surface area contributed by atoms with E-state index in [1.807, 2.05) is 37.5 Å². The number of halogens is 1. The summed E-state index contributed by atoms with van der Waals surface area (Å²) in [5, 5.41) is 8.07. The molecule has 2 aliphatic heterocycles. The summed E-state index contributed by atoms with van der Waals surface area (Å²) < 4.78 is 1.77. The van der Waals surface area contributed by atoms with Gasteiger partial charge in [-0.25, -0.2) is 4.98 Å². The molecule has 8 nitrogen and oxygen atoms in total. The third-order valence-electron chi connectivity index (χ3n) is 6.20. The first-order valence-corrected chi connectivity index (χ1v) is 11.4. The quantitative estimate of drug-likeness (QED) is 0.751. The number of aromatic nitrogens is 4. The molecule has 2 aromatic heterocycles. The van der Waals surface area contributed by atoms with Crippen LogP contribution in [0.25, 0.3) is 0 Å². The van der Waals surface area contributed by atoms with Crippen molar-refractivity contribution in [1.82, 2.24) is 24.6 Å². The van der Waals surface area contributed by atoms with Gasteiger partial charge in [-0.15, -0.1) is 0 Å². The second kappa shape index (κ2) is 8.78. The predicted octanol–water partition coefficient (Wildman–Crippen LogP) is 3.27. The van der Waals surface area contributed by atoms with Crippen molar-refractivity contribution in [3.63, 3.8) is 0 Å². The summed E-state index contributed by atoms with van der Waals surface area (Å²) in [6.07, 6.45) is 17.0. The molecule has 1 aliphatic carbocycles. The molecule has 0 saturated carbocycles. The van der Waals surface area contributed by atoms with Gasteiger partial charge in [0.05, 0.1) is 18.8 Å². The van der Waals surface area contributed by atoms with Crippen LogP contribution >= 0.6 is 11.6 Å². The number of nitrogens with one attached hydrogen (secondary N) is 1. The fourth-order valence-electron chi connectivity index (χ4n) is 4.49. The maximum Gasteiger partial charge on any atom is 0.251 e. The number of nitrogens with zero attached hydrogens (tertiary/aromatic N) is 6. The lowest BCUT2D eigenvalue weighted by molar-refractivity contribution is -0.128. The summed E-state index contributed by atoms with van der Waals surface area (Å²) in [5.41, 5.74) is 1.63. The molecule has 0 radical (unpaired) electrons. The van der Waals surface area contributed by atoms with E-state index < -0.39 is 0 Å². The highest BCUT2D eigenvalue weighted by molar-refractivity contribution is 6.32. The van der Waals surface area contributed by atoms with E-state index in [4.69, 9.17) is 16.6 Å². The zero-order valence-corrected chi connectivity index (χ0v) is 18.7. The van der Waals surface area contributed by atoms with Crippen LogP contribution in [0.4, 0.5) is 11.8 Å². The van der Waals surface area contributed by atoms with E-state index in [-0.39, 0.29) is 17.9 Å². The molecule has 2 unspecified atom stereocenters. The summed E-state index contributed by atoms with van der Waals surface area (Å²) in [5.74, 6) is 1.39. The molecule has 3 aliphatic rings. The number of fused-ring (bicyclic) bond motifs is 1. The second-order valence-electron chi connectivity index (χ2n) is 8.40. The van der Waals surface area contributed by atoms with Crippen molar-refractivity contribution >= 4 is 29.3 Å². The zero-order chi connectivity index (χ0) is 22.1. The summed E-state index contributed by atoms with van der Waals surface area (Å²) in [7, 11) is 1.85. The van der Waals surface area contributed by atoms with Crippen LogP contribution in [0.3, 0.4) is 0 Å². The maximum atomic E-state index is 12.8. The molecule has 5 rings (SSSR count). The Bertz CT molecular complexity index is 1090. The SMILES string of the molecule is CN1C(=O)C(Cn2cccn2)=CC2C=C(Nc3nc(N4CCCCC4)ncc3Cl)C=CC21. The standard InChI is InChI=1S/C23H26ClN7O/c1-29-20-7-6-18(13-16(20)12-17(22(29)32)15-31-11-5-8-26-31)27-21-19(24)14-25-23(28-21)30-9-3-2-4-10-30/h5-8,11-14,16,20H,2-4,9-10,15H2,1H3,(H,25,27,28). The molecule has 4 heterocycles. The van der Waals surface area contributed by atoms with Gasteiger partial charge in [-0.2, -0.15) is 10.1 Å². The highest BCUT2D eigenvalue weighted by Gasteiger charge is 2.33. The third kappa shape index (κ3) is 4.14. The first kappa shape index (κ1) is 20.8. The number of carbonyl (C=O) groups is 1. The van der Waals surface area contributed by atoms with Gasteiger partial charge in [-0.05, 0) is 31.4 Å². The largest absolute Gasteiger partial charge is 0.341 e. The van der Waals surface area contributed by atoms with Gasteiger partial charge in [0, 0.05) is 49.7 Å². The second-order valence-corrected chi connectivity index (χ2v) is 8.81. The van der Waals surface area contributed by atoms with E-state index in [0.717, 1.165) is 37.2 Å². The lowest BCUT2D eigenvalue weighted by Gasteiger charge is -2.37. The Balaban J connectivity index is 1.37. The number of anilines is 2. The minimum Gasteiger partial charge on any atom is -0.341 e. The number of amides is 1. The molecule has 0 bridgehead atoms. The van der Waals surface area contributed by atoms with Crippen molar-refractivity contribution in [2.75, 3.05) is 30.4 Å². The number of likely N-dealkylation sites (N-methyl/N-ethyl adjacent to an activating group) is 1. The van der Waals surface area contributed by atoms with Crippen molar-refractivity contribution < 1.29 is 4.79 Å². The summed E-state index contributed by atoms with van der Waals surface area (Å²) >= 11 is 6.40. The molecular weight excluding hydrogens is 426 g/mol. The van der Waals surface area contributed by atoms with Gasteiger partial charge in [-0.3, -0.25) is 9.48 Å². The smallest absolute Gasteiger partial charge is 0.251 e. The molecule has 1 N–H and O–H groups in total. The molecule has 0 aromatic carbocycles. The molecule has 1 fully saturated rings. The summed E-state index contributed by atoms with van der Waals surface area (Å²) in [4.78, 5) is 25.9. The molecular formula is C23H26ClN7O. The van der Waals surface area contributed by atoms with Crippen LogP contribution in [-0.2, 0) is 11.3 Å². The van der Waals surface area contributed by atoms with Crippen LogP contribution in [0.2, 0.25) is 5.02 Å². The van der Waals surface area contributed by atoms with Crippen LogP contribution in [0.5, 0.6) is 0 Å². The van der Waals surface area contributed by atoms with Crippen molar-refractivity contribution in [3.8, 4) is 0 Å². The summed E-state index contributed by atoms with van der Waals surface area (Å²) in [6.45, 7) is 2.39. The zero-order valence-electron chi connectivity index (χ0n) is 18.0. The number of allylic oxidation sites excluding steroid dienone is 1. The van der Waals surface area contributed by atoms with Crippen molar-refractivity contribution in [3.05, 3.63) is 65.3 Å². The van der Waals surface area contributed by atoms with Gasteiger partial charge < -0.3 is 15.1 Å². The Hall–Kier alpha value is -3.13. The number of rotatable bonds is 5. The monoisotopic (exact) mass is 451 g/mol. The van der Waals surface area contributed by atoms with Crippen LogP contribution in [0.1, 0.15) is 19.3 Å². The normalized spacial score (nSPS) is 23.0. The number of piperidine rings is 1. The van der Waals surface area contributed by atoms with Crippen molar-refractivity contribution in [2.45, 2.75) is 31.8 Å². The average molecular weight is 452 g/mol. The fraction of sp³-hybridized carbons (Fsp3) is 0.391. The molecule has 32 heavy (non-hydrogen) atoms. The van der Waals surface area contributed by atoms with Gasteiger partial charge in [0.1, 0.15) is 5.02 Å². The highest BCUT2D eigenvalue weighted by atomic mass is 35.5. The Morgan fingerprint density at radius 3 is 2.84 bits per heavy atom. The third-order valence-corrected chi connectivity index (χ3v) is 6.48.